The van der Waals surface area contributed by atoms with Gasteiger partial charge in [0.1, 0.15) is 18.2 Å². The maximum Gasteiger partial charge on any atom is 0.410 e. The van der Waals surface area contributed by atoms with E-state index in [0.717, 1.165) is 18.4 Å². The van der Waals surface area contributed by atoms with Gasteiger partial charge in [0, 0.05) is 45.3 Å². The van der Waals surface area contributed by atoms with Gasteiger partial charge in [-0.05, 0) is 46.1 Å². The lowest BCUT2D eigenvalue weighted by atomic mass is 10.0. The first-order valence-corrected chi connectivity index (χ1v) is 12.1. The highest BCUT2D eigenvalue weighted by atomic mass is 16.6. The fourth-order valence-electron chi connectivity index (χ4n) is 4.41. The van der Waals surface area contributed by atoms with E-state index in [1.54, 1.807) is 9.80 Å². The molecule has 9 heteroatoms. The highest BCUT2D eigenvalue weighted by Gasteiger charge is 2.39. The van der Waals surface area contributed by atoms with E-state index < -0.39 is 17.7 Å². The van der Waals surface area contributed by atoms with Crippen molar-refractivity contribution in [3.63, 3.8) is 0 Å². The Morgan fingerprint density at radius 3 is 2.29 bits per heavy atom. The Labute approximate surface area is 202 Å². The number of likely N-dealkylation sites (tertiary alicyclic amines) is 1. The van der Waals surface area contributed by atoms with Crippen LogP contribution in [0, 0.1) is 0 Å². The number of carbonyl (C=O) groups excluding carboxylic acids is 3. The molecule has 2 aliphatic heterocycles. The van der Waals surface area contributed by atoms with Crippen molar-refractivity contribution in [2.75, 3.05) is 39.3 Å². The summed E-state index contributed by atoms with van der Waals surface area (Å²) >= 11 is 0. The summed E-state index contributed by atoms with van der Waals surface area (Å²) in [5.41, 5.74) is 0.389. The average Bonchev–Trinajstić information content (AvgIpc) is 2.82. The van der Waals surface area contributed by atoms with E-state index in [0.29, 0.717) is 39.3 Å². The fraction of sp³-hybridized carbons (Fsp3) is 0.640. The van der Waals surface area contributed by atoms with Gasteiger partial charge >= 0.3 is 12.2 Å². The van der Waals surface area contributed by atoms with Gasteiger partial charge in [0.15, 0.2) is 0 Å². The standard InChI is InChI=1S/C25H38N4O5/c1-5-26-22(30)21-17-28(20-11-13-27(14-12-20)23(31)34-25(2,3)4)15-16-29(21)24(32)33-18-19-9-7-6-8-10-19/h6-10,20-21H,5,11-18H2,1-4H3,(H,26,30). The fourth-order valence-corrected chi connectivity index (χ4v) is 4.41. The molecule has 2 fully saturated rings. The SMILES string of the molecule is CCNC(=O)C1CN(C2CCN(C(=O)OC(C)(C)C)CC2)CCN1C(=O)OCc1ccccc1. The maximum atomic E-state index is 12.9. The zero-order chi connectivity index (χ0) is 24.7. The van der Waals surface area contributed by atoms with Crippen molar-refractivity contribution in [3.8, 4) is 0 Å². The van der Waals surface area contributed by atoms with Gasteiger partial charge < -0.3 is 19.7 Å². The van der Waals surface area contributed by atoms with Crippen LogP contribution < -0.4 is 5.32 Å². The van der Waals surface area contributed by atoms with Crippen LogP contribution in [0.4, 0.5) is 9.59 Å². The number of benzene rings is 1. The van der Waals surface area contributed by atoms with Crippen LogP contribution in [0.2, 0.25) is 0 Å². The topological polar surface area (TPSA) is 91.4 Å². The van der Waals surface area contributed by atoms with Crippen LogP contribution in [-0.4, -0.2) is 89.7 Å². The van der Waals surface area contributed by atoms with Crippen LogP contribution in [0.25, 0.3) is 0 Å². The third kappa shape index (κ3) is 7.09. The number of piperidine rings is 1. The molecule has 2 heterocycles. The van der Waals surface area contributed by atoms with Gasteiger partial charge in [-0.1, -0.05) is 30.3 Å². The van der Waals surface area contributed by atoms with E-state index in [1.165, 1.54) is 0 Å². The number of hydrogen-bond donors (Lipinski definition) is 1. The molecule has 0 aromatic heterocycles. The van der Waals surface area contributed by atoms with Crippen molar-refractivity contribution in [1.82, 2.24) is 20.0 Å². The van der Waals surface area contributed by atoms with Gasteiger partial charge in [-0.2, -0.15) is 0 Å². The second-order valence-electron chi connectivity index (χ2n) is 9.84. The average molecular weight is 475 g/mol. The highest BCUT2D eigenvalue weighted by Crippen LogP contribution is 2.23. The predicted molar refractivity (Wildman–Crippen MR) is 128 cm³/mol. The lowest BCUT2D eigenvalue weighted by molar-refractivity contribution is -0.128. The molecule has 188 valence electrons. The third-order valence-electron chi connectivity index (χ3n) is 6.14. The summed E-state index contributed by atoms with van der Waals surface area (Å²) in [6, 6.07) is 9.14. The van der Waals surface area contributed by atoms with Gasteiger partial charge in [0.05, 0.1) is 0 Å². The summed E-state index contributed by atoms with van der Waals surface area (Å²) in [6.07, 6.45) is 0.858. The molecule has 1 aromatic carbocycles. The van der Waals surface area contributed by atoms with Crippen molar-refractivity contribution in [2.45, 2.75) is 64.8 Å². The number of carbonyl (C=O) groups is 3. The number of ether oxygens (including phenoxy) is 2. The largest absolute Gasteiger partial charge is 0.445 e. The first kappa shape index (κ1) is 25.8. The Hall–Kier alpha value is -2.81. The minimum atomic E-state index is -0.610. The third-order valence-corrected chi connectivity index (χ3v) is 6.14. The van der Waals surface area contributed by atoms with Crippen LogP contribution in [0.3, 0.4) is 0 Å². The van der Waals surface area contributed by atoms with E-state index in [1.807, 2.05) is 58.0 Å². The number of rotatable bonds is 5. The maximum absolute atomic E-state index is 12.9. The molecule has 0 spiro atoms. The predicted octanol–water partition coefficient (Wildman–Crippen LogP) is 2.85. The molecule has 1 aromatic rings. The first-order valence-electron chi connectivity index (χ1n) is 12.1. The lowest BCUT2D eigenvalue weighted by Crippen LogP contribution is -2.63. The normalized spacial score (nSPS) is 20.1. The molecule has 3 amide bonds. The number of piperazine rings is 1. The van der Waals surface area contributed by atoms with Crippen LogP contribution in [0.1, 0.15) is 46.1 Å². The Balaban J connectivity index is 1.57. The molecule has 9 nitrogen and oxygen atoms in total. The van der Waals surface area contributed by atoms with Gasteiger partial charge in [0.2, 0.25) is 5.91 Å². The van der Waals surface area contributed by atoms with Gasteiger partial charge in [-0.25, -0.2) is 9.59 Å². The number of hydrogen-bond acceptors (Lipinski definition) is 6. The highest BCUT2D eigenvalue weighted by molar-refractivity contribution is 5.86. The minimum Gasteiger partial charge on any atom is -0.445 e. The quantitative estimate of drug-likeness (QED) is 0.706. The van der Waals surface area contributed by atoms with Gasteiger partial charge in [0.25, 0.3) is 0 Å². The monoisotopic (exact) mass is 474 g/mol. The summed E-state index contributed by atoms with van der Waals surface area (Å²) in [5.74, 6) is -0.171. The second-order valence-corrected chi connectivity index (χ2v) is 9.84. The van der Waals surface area contributed by atoms with E-state index in [9.17, 15) is 14.4 Å². The Bertz CT molecular complexity index is 833. The lowest BCUT2D eigenvalue weighted by Gasteiger charge is -2.45. The summed E-state index contributed by atoms with van der Waals surface area (Å²) < 4.78 is 11.0. The molecule has 1 N–H and O–H groups in total. The van der Waals surface area contributed by atoms with Crippen LogP contribution in [0.15, 0.2) is 30.3 Å². The van der Waals surface area contributed by atoms with Crippen molar-refractivity contribution in [3.05, 3.63) is 35.9 Å². The Morgan fingerprint density at radius 1 is 1.00 bits per heavy atom. The van der Waals surface area contributed by atoms with Crippen molar-refractivity contribution in [1.29, 1.82) is 0 Å². The summed E-state index contributed by atoms with van der Waals surface area (Å²) in [4.78, 5) is 43.6. The first-order chi connectivity index (χ1) is 16.2. The number of nitrogens with one attached hydrogen (secondary N) is 1. The van der Waals surface area contributed by atoms with E-state index in [2.05, 4.69) is 10.2 Å². The molecule has 2 saturated heterocycles. The molecule has 1 unspecified atom stereocenters. The molecule has 0 radical (unpaired) electrons. The van der Waals surface area contributed by atoms with E-state index in [4.69, 9.17) is 9.47 Å². The molecule has 0 aliphatic carbocycles. The Kier molecular flexibility index (Phi) is 8.77. The van der Waals surface area contributed by atoms with Gasteiger partial charge in [-0.3, -0.25) is 14.6 Å². The zero-order valence-electron chi connectivity index (χ0n) is 20.8. The van der Waals surface area contributed by atoms with Crippen molar-refractivity contribution < 1.29 is 23.9 Å². The van der Waals surface area contributed by atoms with Crippen LogP contribution in [-0.2, 0) is 20.9 Å². The molecular weight excluding hydrogens is 436 g/mol. The number of nitrogens with zero attached hydrogens (tertiary/aromatic N) is 3. The summed E-state index contributed by atoms with van der Waals surface area (Å²) in [7, 11) is 0. The molecule has 2 aliphatic rings. The minimum absolute atomic E-state index is 0.171. The molecule has 1 atom stereocenters. The molecule has 0 saturated carbocycles. The van der Waals surface area contributed by atoms with Gasteiger partial charge in [-0.15, -0.1) is 0 Å². The second kappa shape index (κ2) is 11.6. The smallest absolute Gasteiger partial charge is 0.410 e. The molecule has 34 heavy (non-hydrogen) atoms. The van der Waals surface area contributed by atoms with Crippen LogP contribution >= 0.6 is 0 Å². The number of amides is 3. The summed E-state index contributed by atoms with van der Waals surface area (Å²) in [6.45, 7) is 10.9. The molecule has 3 rings (SSSR count). The van der Waals surface area contributed by atoms with E-state index >= 15 is 0 Å². The van der Waals surface area contributed by atoms with Crippen LogP contribution in [0.5, 0.6) is 0 Å². The van der Waals surface area contributed by atoms with Crippen molar-refractivity contribution in [2.24, 2.45) is 0 Å². The number of likely N-dealkylation sites (N-methyl/N-ethyl adjacent to an activating group) is 1. The van der Waals surface area contributed by atoms with E-state index in [-0.39, 0.29) is 24.6 Å². The Morgan fingerprint density at radius 2 is 1.68 bits per heavy atom. The molecule has 0 bridgehead atoms. The van der Waals surface area contributed by atoms with Crippen molar-refractivity contribution >= 4 is 18.1 Å². The molecular formula is C25H38N4O5. The zero-order valence-corrected chi connectivity index (χ0v) is 20.8. The summed E-state index contributed by atoms with van der Waals surface area (Å²) in [5, 5.41) is 2.86.